The van der Waals surface area contributed by atoms with Gasteiger partial charge in [0.1, 0.15) is 5.75 Å². The van der Waals surface area contributed by atoms with Crippen LogP contribution in [0.1, 0.15) is 29.5 Å². The van der Waals surface area contributed by atoms with Crippen LogP contribution in [0.25, 0.3) is 0 Å². The highest BCUT2D eigenvalue weighted by Gasteiger charge is 2.30. The average molecular weight is 437 g/mol. The summed E-state index contributed by atoms with van der Waals surface area (Å²) in [6, 6.07) is 13.6. The van der Waals surface area contributed by atoms with Crippen LogP contribution in [-0.4, -0.2) is 31.6 Å². The van der Waals surface area contributed by atoms with Gasteiger partial charge in [0.25, 0.3) is 0 Å². The van der Waals surface area contributed by atoms with Crippen LogP contribution in [0.2, 0.25) is 0 Å². The van der Waals surface area contributed by atoms with Gasteiger partial charge in [-0.3, -0.25) is 0 Å². The third-order valence-corrected chi connectivity index (χ3v) is 4.71. The summed E-state index contributed by atoms with van der Waals surface area (Å²) in [6.07, 6.45) is -2.62. The predicted octanol–water partition coefficient (Wildman–Crippen LogP) is 3.89. The molecule has 0 aliphatic carbocycles. The first kappa shape index (κ1) is 22.9. The first-order valence-corrected chi connectivity index (χ1v) is 10.0. The van der Waals surface area contributed by atoms with Crippen molar-refractivity contribution >= 4 is 5.96 Å². The molecule has 1 fully saturated rings. The van der Waals surface area contributed by atoms with Crippen molar-refractivity contribution in [1.82, 2.24) is 5.32 Å². The Morgan fingerprint density at radius 3 is 2.48 bits per heavy atom. The van der Waals surface area contributed by atoms with Crippen molar-refractivity contribution in [1.29, 1.82) is 0 Å². The second-order valence-corrected chi connectivity index (χ2v) is 7.19. The van der Waals surface area contributed by atoms with E-state index in [2.05, 4.69) is 15.0 Å². The third kappa shape index (κ3) is 8.47. The Balaban J connectivity index is 1.44. The van der Waals surface area contributed by atoms with Crippen LogP contribution in [0.15, 0.2) is 53.5 Å². The maximum absolute atomic E-state index is 12.2. The van der Waals surface area contributed by atoms with Crippen molar-refractivity contribution in [2.24, 2.45) is 10.7 Å². The highest BCUT2D eigenvalue weighted by molar-refractivity contribution is 5.77. The van der Waals surface area contributed by atoms with Crippen molar-refractivity contribution < 1.29 is 27.4 Å². The average Bonchev–Trinajstić information content (AvgIpc) is 2.76. The highest BCUT2D eigenvalue weighted by Crippen LogP contribution is 2.22. The molecule has 1 heterocycles. The molecule has 6 nitrogen and oxygen atoms in total. The Kier molecular flexibility index (Phi) is 8.13. The molecule has 3 rings (SSSR count). The fourth-order valence-electron chi connectivity index (χ4n) is 3.11. The van der Waals surface area contributed by atoms with Crippen LogP contribution in [0.5, 0.6) is 5.75 Å². The van der Waals surface area contributed by atoms with Crippen molar-refractivity contribution in [3.05, 3.63) is 65.2 Å². The van der Waals surface area contributed by atoms with Gasteiger partial charge in [0.2, 0.25) is 0 Å². The lowest BCUT2D eigenvalue weighted by Crippen LogP contribution is -2.31. The van der Waals surface area contributed by atoms with E-state index in [9.17, 15) is 13.2 Å². The standard InChI is InChI=1S/C22H26F3N3O3/c23-22(24,25)31-20-6-4-16(5-7-20)13-27-21(26)28-14-17-2-1-3-18(12-17)15-30-19-8-10-29-11-9-19/h1-7,12,19H,8-11,13-15H2,(H3,26,27,28). The molecule has 0 radical (unpaired) electrons. The van der Waals surface area contributed by atoms with Crippen molar-refractivity contribution in [3.8, 4) is 5.75 Å². The van der Waals surface area contributed by atoms with E-state index >= 15 is 0 Å². The number of hydrogen-bond acceptors (Lipinski definition) is 4. The molecule has 0 saturated carbocycles. The van der Waals surface area contributed by atoms with Crippen LogP contribution in [-0.2, 0) is 29.2 Å². The van der Waals surface area contributed by atoms with Crippen molar-refractivity contribution in [3.63, 3.8) is 0 Å². The Bertz CT molecular complexity index is 851. The van der Waals surface area contributed by atoms with E-state index in [0.29, 0.717) is 19.7 Å². The van der Waals surface area contributed by atoms with Crippen LogP contribution < -0.4 is 15.8 Å². The Morgan fingerprint density at radius 1 is 1.06 bits per heavy atom. The number of nitrogens with two attached hydrogens (primary N) is 1. The van der Waals surface area contributed by atoms with Crippen LogP contribution in [0.4, 0.5) is 13.2 Å². The van der Waals surface area contributed by atoms with E-state index in [1.54, 1.807) is 0 Å². The molecule has 31 heavy (non-hydrogen) atoms. The molecule has 168 valence electrons. The SMILES string of the molecule is NC(=NCc1cccc(COC2CCOCC2)c1)NCc1ccc(OC(F)(F)F)cc1. The Labute approximate surface area is 179 Å². The lowest BCUT2D eigenvalue weighted by atomic mass is 10.1. The molecule has 1 aliphatic rings. The number of aliphatic imine (C=N–C) groups is 1. The van der Waals surface area contributed by atoms with Gasteiger partial charge in [-0.05, 0) is 41.7 Å². The number of alkyl halides is 3. The molecule has 2 aromatic carbocycles. The van der Waals surface area contributed by atoms with Gasteiger partial charge in [-0.15, -0.1) is 13.2 Å². The second-order valence-electron chi connectivity index (χ2n) is 7.19. The van der Waals surface area contributed by atoms with E-state index in [1.807, 2.05) is 24.3 Å². The lowest BCUT2D eigenvalue weighted by Gasteiger charge is -2.22. The summed E-state index contributed by atoms with van der Waals surface area (Å²) >= 11 is 0. The molecule has 0 unspecified atom stereocenters. The summed E-state index contributed by atoms with van der Waals surface area (Å²) in [5, 5.41) is 2.95. The summed E-state index contributed by atoms with van der Waals surface area (Å²) < 4.78 is 51.7. The van der Waals surface area contributed by atoms with Gasteiger partial charge in [-0.1, -0.05) is 36.4 Å². The zero-order chi connectivity index (χ0) is 22.1. The van der Waals surface area contributed by atoms with E-state index in [-0.39, 0.29) is 17.8 Å². The Morgan fingerprint density at radius 2 is 1.77 bits per heavy atom. The lowest BCUT2D eigenvalue weighted by molar-refractivity contribution is -0.274. The van der Waals surface area contributed by atoms with E-state index in [1.165, 1.54) is 24.3 Å². The molecule has 1 saturated heterocycles. The van der Waals surface area contributed by atoms with Crippen molar-refractivity contribution in [2.45, 2.75) is 45.0 Å². The van der Waals surface area contributed by atoms with Crippen molar-refractivity contribution in [2.75, 3.05) is 13.2 Å². The normalized spacial score (nSPS) is 15.6. The van der Waals surface area contributed by atoms with Gasteiger partial charge < -0.3 is 25.3 Å². The molecular weight excluding hydrogens is 411 g/mol. The zero-order valence-electron chi connectivity index (χ0n) is 17.0. The minimum Gasteiger partial charge on any atom is -0.406 e. The minimum atomic E-state index is -4.70. The predicted molar refractivity (Wildman–Crippen MR) is 110 cm³/mol. The van der Waals surface area contributed by atoms with Gasteiger partial charge in [-0.25, -0.2) is 4.99 Å². The zero-order valence-corrected chi connectivity index (χ0v) is 17.0. The third-order valence-electron chi connectivity index (χ3n) is 4.71. The van der Waals surface area contributed by atoms with Gasteiger partial charge in [-0.2, -0.15) is 0 Å². The first-order valence-electron chi connectivity index (χ1n) is 10.0. The largest absolute Gasteiger partial charge is 0.573 e. The van der Waals surface area contributed by atoms with Crippen LogP contribution in [0, 0.1) is 0 Å². The molecule has 2 aromatic rings. The summed E-state index contributed by atoms with van der Waals surface area (Å²) in [7, 11) is 0. The fraction of sp³-hybridized carbons (Fsp3) is 0.409. The quantitative estimate of drug-likeness (QED) is 0.484. The molecule has 0 aromatic heterocycles. The molecule has 0 bridgehead atoms. The number of hydrogen-bond donors (Lipinski definition) is 2. The first-order chi connectivity index (χ1) is 14.9. The van der Waals surface area contributed by atoms with E-state index in [0.717, 1.165) is 42.7 Å². The van der Waals surface area contributed by atoms with E-state index in [4.69, 9.17) is 15.2 Å². The summed E-state index contributed by atoms with van der Waals surface area (Å²) in [4.78, 5) is 4.32. The summed E-state index contributed by atoms with van der Waals surface area (Å²) in [5.41, 5.74) is 8.74. The number of guanidine groups is 1. The Hall–Kier alpha value is -2.78. The van der Waals surface area contributed by atoms with Gasteiger partial charge >= 0.3 is 6.36 Å². The van der Waals surface area contributed by atoms with Gasteiger partial charge in [0.05, 0.1) is 19.3 Å². The molecule has 0 amide bonds. The summed E-state index contributed by atoms with van der Waals surface area (Å²) in [6.45, 7) is 2.78. The molecule has 0 spiro atoms. The number of nitrogens with one attached hydrogen (secondary N) is 1. The molecule has 1 aliphatic heterocycles. The monoisotopic (exact) mass is 437 g/mol. The molecular formula is C22H26F3N3O3. The summed E-state index contributed by atoms with van der Waals surface area (Å²) in [5.74, 6) is -0.0157. The smallest absolute Gasteiger partial charge is 0.406 e. The molecule has 0 atom stereocenters. The van der Waals surface area contributed by atoms with Gasteiger partial charge in [0.15, 0.2) is 5.96 Å². The topological polar surface area (TPSA) is 78.1 Å². The highest BCUT2D eigenvalue weighted by atomic mass is 19.4. The molecule has 3 N–H and O–H groups in total. The molecule has 9 heteroatoms. The number of halogens is 3. The second kappa shape index (κ2) is 11.0. The minimum absolute atomic E-state index is 0.240. The fourth-order valence-corrected chi connectivity index (χ4v) is 3.11. The van der Waals surface area contributed by atoms with Crippen LogP contribution >= 0.6 is 0 Å². The van der Waals surface area contributed by atoms with E-state index < -0.39 is 6.36 Å². The number of benzene rings is 2. The number of nitrogens with zero attached hydrogens (tertiary/aromatic N) is 1. The maximum atomic E-state index is 12.2. The maximum Gasteiger partial charge on any atom is 0.573 e. The van der Waals surface area contributed by atoms with Gasteiger partial charge in [0, 0.05) is 19.8 Å². The number of ether oxygens (including phenoxy) is 3. The van der Waals surface area contributed by atoms with Crippen LogP contribution in [0.3, 0.4) is 0 Å². The number of rotatable bonds is 8.